The van der Waals surface area contributed by atoms with E-state index in [9.17, 15) is 4.79 Å². The summed E-state index contributed by atoms with van der Waals surface area (Å²) in [5, 5.41) is 6.30. The van der Waals surface area contributed by atoms with Gasteiger partial charge in [0.25, 0.3) is 0 Å². The van der Waals surface area contributed by atoms with Crippen LogP contribution < -0.4 is 10.6 Å². The number of nitrogens with one attached hydrogen (secondary N) is 2. The van der Waals surface area contributed by atoms with Gasteiger partial charge in [0.15, 0.2) is 5.96 Å². The van der Waals surface area contributed by atoms with E-state index in [1.54, 1.807) is 7.05 Å². The topological polar surface area (TPSA) is 62.7 Å². The van der Waals surface area contributed by atoms with Gasteiger partial charge in [0.1, 0.15) is 12.1 Å². The Bertz CT molecular complexity index is 308. The highest BCUT2D eigenvalue weighted by Gasteiger charge is 2.18. The van der Waals surface area contributed by atoms with Gasteiger partial charge < -0.3 is 15.4 Å². The Morgan fingerprint density at radius 1 is 1.32 bits per heavy atom. The Morgan fingerprint density at radius 3 is 2.37 bits per heavy atom. The molecule has 2 N–H and O–H groups in total. The normalized spacial score (nSPS) is 16.7. The van der Waals surface area contributed by atoms with E-state index in [-0.39, 0.29) is 36.5 Å². The van der Waals surface area contributed by atoms with Gasteiger partial charge in [-0.1, -0.05) is 12.8 Å². The fourth-order valence-electron chi connectivity index (χ4n) is 1.99. The molecule has 19 heavy (non-hydrogen) atoms. The molecule has 0 unspecified atom stereocenters. The van der Waals surface area contributed by atoms with Crippen LogP contribution in [-0.4, -0.2) is 37.2 Å². The van der Waals surface area contributed by atoms with Crippen molar-refractivity contribution in [1.82, 2.24) is 10.6 Å². The van der Waals surface area contributed by atoms with Crippen molar-refractivity contribution in [3.05, 3.63) is 0 Å². The molecule has 0 bridgehead atoms. The second kappa shape index (κ2) is 8.60. The van der Waals surface area contributed by atoms with E-state index < -0.39 is 5.60 Å². The Kier molecular flexibility index (Phi) is 8.36. The molecule has 1 saturated carbocycles. The van der Waals surface area contributed by atoms with Gasteiger partial charge in [-0.05, 0) is 33.6 Å². The number of ether oxygens (including phenoxy) is 1. The molecular weight excluding hydrogens is 357 g/mol. The number of hydrogen-bond donors (Lipinski definition) is 2. The van der Waals surface area contributed by atoms with E-state index >= 15 is 0 Å². The maximum absolute atomic E-state index is 11.5. The van der Waals surface area contributed by atoms with E-state index in [0.29, 0.717) is 12.0 Å². The Labute approximate surface area is 133 Å². The molecular formula is C13H26IN3O2. The third-order valence-electron chi connectivity index (χ3n) is 2.74. The molecule has 0 radical (unpaired) electrons. The largest absolute Gasteiger partial charge is 0.459 e. The van der Waals surface area contributed by atoms with Crippen molar-refractivity contribution in [3.8, 4) is 0 Å². The maximum atomic E-state index is 11.5. The number of nitrogens with zero attached hydrogens (tertiary/aromatic N) is 1. The summed E-state index contributed by atoms with van der Waals surface area (Å²) >= 11 is 0. The van der Waals surface area contributed by atoms with E-state index in [0.717, 1.165) is 0 Å². The van der Waals surface area contributed by atoms with Crippen molar-refractivity contribution in [2.75, 3.05) is 13.6 Å². The highest BCUT2D eigenvalue weighted by Crippen LogP contribution is 2.17. The summed E-state index contributed by atoms with van der Waals surface area (Å²) in [5.74, 6) is 0.407. The van der Waals surface area contributed by atoms with Crippen molar-refractivity contribution in [1.29, 1.82) is 0 Å². The zero-order valence-electron chi connectivity index (χ0n) is 12.3. The van der Waals surface area contributed by atoms with Crippen molar-refractivity contribution in [2.24, 2.45) is 4.99 Å². The van der Waals surface area contributed by atoms with Gasteiger partial charge in [-0.15, -0.1) is 24.0 Å². The van der Waals surface area contributed by atoms with Gasteiger partial charge in [-0.25, -0.2) is 0 Å². The van der Waals surface area contributed by atoms with Gasteiger partial charge in [-0.2, -0.15) is 0 Å². The summed E-state index contributed by atoms with van der Waals surface area (Å²) in [4.78, 5) is 15.7. The van der Waals surface area contributed by atoms with E-state index in [1.165, 1.54) is 25.7 Å². The molecule has 0 amide bonds. The number of esters is 1. The number of aliphatic imine (C=N–C) groups is 1. The molecule has 5 nitrogen and oxygen atoms in total. The van der Waals surface area contributed by atoms with Crippen LogP contribution in [0.15, 0.2) is 4.99 Å². The van der Waals surface area contributed by atoms with Gasteiger partial charge >= 0.3 is 5.97 Å². The van der Waals surface area contributed by atoms with E-state index in [1.807, 2.05) is 20.8 Å². The third kappa shape index (κ3) is 8.28. The lowest BCUT2D eigenvalue weighted by atomic mass is 10.2. The van der Waals surface area contributed by atoms with Crippen LogP contribution in [0, 0.1) is 0 Å². The van der Waals surface area contributed by atoms with Crippen LogP contribution in [0.1, 0.15) is 46.5 Å². The van der Waals surface area contributed by atoms with Crippen LogP contribution in [-0.2, 0) is 9.53 Å². The summed E-state index contributed by atoms with van der Waals surface area (Å²) in [6.45, 7) is 5.72. The molecule has 1 aliphatic rings. The number of rotatable bonds is 3. The van der Waals surface area contributed by atoms with Gasteiger partial charge in [0, 0.05) is 13.1 Å². The van der Waals surface area contributed by atoms with Crippen LogP contribution >= 0.6 is 24.0 Å². The monoisotopic (exact) mass is 383 g/mol. The molecule has 1 fully saturated rings. The Morgan fingerprint density at radius 2 is 1.89 bits per heavy atom. The van der Waals surface area contributed by atoms with Gasteiger partial charge in [0.2, 0.25) is 0 Å². The standard InChI is InChI=1S/C13H25N3O2.HI/c1-13(2,3)18-11(17)9-15-12(14-4)16-10-7-5-6-8-10;/h10H,5-9H2,1-4H3,(H2,14,15,16);1H. The smallest absolute Gasteiger partial charge is 0.325 e. The maximum Gasteiger partial charge on any atom is 0.325 e. The van der Waals surface area contributed by atoms with Gasteiger partial charge in [-0.3, -0.25) is 9.79 Å². The first kappa shape index (κ1) is 18.5. The minimum atomic E-state index is -0.443. The van der Waals surface area contributed by atoms with Crippen molar-refractivity contribution < 1.29 is 9.53 Å². The molecule has 0 aromatic heterocycles. The highest BCUT2D eigenvalue weighted by atomic mass is 127. The first-order valence-electron chi connectivity index (χ1n) is 6.60. The molecule has 0 spiro atoms. The molecule has 6 heteroatoms. The molecule has 0 atom stereocenters. The van der Waals surface area contributed by atoms with Crippen molar-refractivity contribution in [2.45, 2.75) is 58.1 Å². The molecule has 0 aromatic carbocycles. The summed E-state index contributed by atoms with van der Waals surface area (Å²) < 4.78 is 5.22. The minimum Gasteiger partial charge on any atom is -0.459 e. The predicted octanol–water partition coefficient (Wildman–Crippen LogP) is 2.05. The van der Waals surface area contributed by atoms with E-state index in [4.69, 9.17) is 4.74 Å². The average Bonchev–Trinajstić information content (AvgIpc) is 2.74. The first-order chi connectivity index (χ1) is 8.40. The lowest BCUT2D eigenvalue weighted by Gasteiger charge is -2.21. The number of carbonyl (C=O) groups excluding carboxylic acids is 1. The van der Waals surface area contributed by atoms with Gasteiger partial charge in [0.05, 0.1) is 0 Å². The number of hydrogen-bond acceptors (Lipinski definition) is 3. The summed E-state index contributed by atoms with van der Waals surface area (Å²) in [6.07, 6.45) is 4.88. The van der Waals surface area contributed by atoms with Crippen LogP contribution in [0.4, 0.5) is 0 Å². The Hall–Kier alpha value is -0.530. The third-order valence-corrected chi connectivity index (χ3v) is 2.74. The fourth-order valence-corrected chi connectivity index (χ4v) is 1.99. The van der Waals surface area contributed by atoms with Crippen molar-refractivity contribution in [3.63, 3.8) is 0 Å². The molecule has 1 rings (SSSR count). The number of guanidine groups is 1. The molecule has 0 saturated heterocycles. The first-order valence-corrected chi connectivity index (χ1v) is 6.60. The predicted molar refractivity (Wildman–Crippen MR) is 88.0 cm³/mol. The summed E-state index contributed by atoms with van der Waals surface area (Å²) in [7, 11) is 1.71. The summed E-state index contributed by atoms with van der Waals surface area (Å²) in [6, 6.07) is 0.481. The zero-order valence-corrected chi connectivity index (χ0v) is 14.6. The fraction of sp³-hybridized carbons (Fsp3) is 0.846. The molecule has 0 aliphatic heterocycles. The molecule has 1 aliphatic carbocycles. The second-order valence-corrected chi connectivity index (χ2v) is 5.64. The minimum absolute atomic E-state index is 0. The highest BCUT2D eigenvalue weighted by molar-refractivity contribution is 14.0. The molecule has 0 aromatic rings. The number of carbonyl (C=O) groups is 1. The van der Waals surface area contributed by atoms with Crippen LogP contribution in [0.5, 0.6) is 0 Å². The number of halogens is 1. The summed E-state index contributed by atoms with van der Waals surface area (Å²) in [5.41, 5.74) is -0.443. The molecule has 112 valence electrons. The van der Waals surface area contributed by atoms with Crippen LogP contribution in [0.25, 0.3) is 0 Å². The van der Waals surface area contributed by atoms with E-state index in [2.05, 4.69) is 15.6 Å². The quantitative estimate of drug-likeness (QED) is 0.339. The zero-order chi connectivity index (χ0) is 13.6. The van der Waals surface area contributed by atoms with Crippen LogP contribution in [0.2, 0.25) is 0 Å². The van der Waals surface area contributed by atoms with Crippen molar-refractivity contribution >= 4 is 35.9 Å². The van der Waals surface area contributed by atoms with Crippen LogP contribution in [0.3, 0.4) is 0 Å². The Balaban J connectivity index is 0.00000324. The lowest BCUT2D eigenvalue weighted by Crippen LogP contribution is -2.45. The second-order valence-electron chi connectivity index (χ2n) is 5.64. The average molecular weight is 383 g/mol. The molecule has 0 heterocycles. The lowest BCUT2D eigenvalue weighted by molar-refractivity contribution is -0.153. The SMILES string of the molecule is CN=C(NCC(=O)OC(C)(C)C)NC1CCCC1.I.